The fourth-order valence-electron chi connectivity index (χ4n) is 2.13. The molecule has 20 heavy (non-hydrogen) atoms. The van der Waals surface area contributed by atoms with Gasteiger partial charge in [-0.15, -0.1) is 4.91 Å². The first kappa shape index (κ1) is 14.4. The van der Waals surface area contributed by atoms with Crippen molar-refractivity contribution in [2.45, 2.75) is 12.8 Å². The van der Waals surface area contributed by atoms with Gasteiger partial charge in [-0.3, -0.25) is 4.84 Å². The molecule has 0 atom stereocenters. The molecule has 0 aliphatic carbocycles. The maximum absolute atomic E-state index is 11.3. The Hall–Kier alpha value is -2.02. The molecule has 0 amide bonds. The molecule has 0 bridgehead atoms. The molecule has 0 saturated carbocycles. The van der Waals surface area contributed by atoms with Crippen molar-refractivity contribution < 1.29 is 14.4 Å². The maximum atomic E-state index is 11.3. The Morgan fingerprint density at radius 1 is 1.50 bits per heavy atom. The molecule has 1 aliphatic heterocycles. The molecule has 0 spiro atoms. The van der Waals surface area contributed by atoms with E-state index in [2.05, 4.69) is 27.1 Å². The molecule has 2 heterocycles. The average Bonchev–Trinajstić information content (AvgIpc) is 2.47. The molecule has 108 valence electrons. The van der Waals surface area contributed by atoms with E-state index in [4.69, 9.17) is 4.74 Å². The minimum absolute atomic E-state index is 0.193. The smallest absolute Gasteiger partial charge is 0.369 e. The molecular formula is C13H17N3O4. The molecule has 0 aromatic carbocycles. The zero-order valence-corrected chi connectivity index (χ0v) is 11.3. The third-order valence-electron chi connectivity index (χ3n) is 3.40. The largest absolute Gasteiger partial charge is 0.477 e. The second-order valence-electron chi connectivity index (χ2n) is 4.89. The summed E-state index contributed by atoms with van der Waals surface area (Å²) < 4.78 is 5.60. The van der Waals surface area contributed by atoms with Gasteiger partial charge < -0.3 is 9.64 Å². The van der Waals surface area contributed by atoms with Crippen LogP contribution < -0.4 is 4.74 Å². The lowest BCUT2D eigenvalue weighted by molar-refractivity contribution is 0.0507. The predicted octanol–water partition coefficient (Wildman–Crippen LogP) is 1.64. The lowest BCUT2D eigenvalue weighted by atomic mass is 9.98. The summed E-state index contributed by atoms with van der Waals surface area (Å²) in [6.07, 6.45) is 3.62. The molecule has 1 fully saturated rings. The van der Waals surface area contributed by atoms with Crippen molar-refractivity contribution in [3.8, 4) is 5.88 Å². The summed E-state index contributed by atoms with van der Waals surface area (Å²) in [7, 11) is 2.11. The van der Waals surface area contributed by atoms with Crippen LogP contribution in [0, 0.1) is 10.8 Å². The van der Waals surface area contributed by atoms with Crippen LogP contribution in [-0.4, -0.2) is 42.6 Å². The highest BCUT2D eigenvalue weighted by Crippen LogP contribution is 2.18. The van der Waals surface area contributed by atoms with Gasteiger partial charge in [0.05, 0.1) is 12.2 Å². The predicted molar refractivity (Wildman–Crippen MR) is 71.2 cm³/mol. The highest BCUT2D eigenvalue weighted by atomic mass is 16.7. The summed E-state index contributed by atoms with van der Waals surface area (Å²) in [5.41, 5.74) is 0.193. The molecule has 1 aromatic rings. The third kappa shape index (κ3) is 3.99. The van der Waals surface area contributed by atoms with E-state index in [-0.39, 0.29) is 5.56 Å². The molecule has 0 radical (unpaired) electrons. The van der Waals surface area contributed by atoms with Gasteiger partial charge in [-0.1, -0.05) is 0 Å². The molecule has 0 unspecified atom stereocenters. The van der Waals surface area contributed by atoms with Crippen LogP contribution >= 0.6 is 0 Å². The number of carbonyl (C=O) groups is 1. The van der Waals surface area contributed by atoms with E-state index in [0.29, 0.717) is 18.4 Å². The van der Waals surface area contributed by atoms with Crippen molar-refractivity contribution in [1.29, 1.82) is 0 Å². The van der Waals surface area contributed by atoms with Crippen molar-refractivity contribution in [2.24, 2.45) is 11.3 Å². The Morgan fingerprint density at radius 3 is 2.95 bits per heavy atom. The van der Waals surface area contributed by atoms with Crippen LogP contribution in [0.2, 0.25) is 0 Å². The third-order valence-corrected chi connectivity index (χ3v) is 3.40. The van der Waals surface area contributed by atoms with Crippen LogP contribution in [-0.2, 0) is 4.84 Å². The van der Waals surface area contributed by atoms with Gasteiger partial charge in [-0.2, -0.15) is 0 Å². The molecule has 7 heteroatoms. The zero-order valence-electron chi connectivity index (χ0n) is 11.3. The number of pyridine rings is 1. The number of carbonyl (C=O) groups excluding carboxylic acids is 1. The quantitative estimate of drug-likeness (QED) is 0.602. The Balaban J connectivity index is 1.88. The van der Waals surface area contributed by atoms with Crippen molar-refractivity contribution in [1.82, 2.24) is 9.88 Å². The first-order valence-corrected chi connectivity index (χ1v) is 6.50. The Morgan fingerprint density at radius 2 is 2.25 bits per heavy atom. The minimum atomic E-state index is -0.813. The Kier molecular flexibility index (Phi) is 5.00. The van der Waals surface area contributed by atoms with E-state index in [1.807, 2.05) is 0 Å². The van der Waals surface area contributed by atoms with Gasteiger partial charge >= 0.3 is 5.97 Å². The molecule has 0 N–H and O–H groups in total. The van der Waals surface area contributed by atoms with Crippen molar-refractivity contribution in [3.05, 3.63) is 28.8 Å². The van der Waals surface area contributed by atoms with Crippen molar-refractivity contribution in [3.63, 3.8) is 0 Å². The van der Waals surface area contributed by atoms with Crippen molar-refractivity contribution in [2.75, 3.05) is 26.7 Å². The summed E-state index contributed by atoms with van der Waals surface area (Å²) in [5, 5.41) is 2.10. The molecule has 2 rings (SSSR count). The van der Waals surface area contributed by atoms with Gasteiger partial charge in [0.25, 0.3) is 0 Å². The highest BCUT2D eigenvalue weighted by molar-refractivity contribution is 5.89. The zero-order chi connectivity index (χ0) is 14.4. The van der Waals surface area contributed by atoms with Crippen LogP contribution in [0.1, 0.15) is 23.2 Å². The average molecular weight is 279 g/mol. The second kappa shape index (κ2) is 6.95. The molecule has 7 nitrogen and oxygen atoms in total. The van der Waals surface area contributed by atoms with E-state index < -0.39 is 5.97 Å². The van der Waals surface area contributed by atoms with Crippen LogP contribution in [0.15, 0.2) is 23.7 Å². The Labute approximate surface area is 116 Å². The normalized spacial score (nSPS) is 16.6. The fraction of sp³-hybridized carbons (Fsp3) is 0.538. The number of nitrogens with zero attached hydrogens (tertiary/aromatic N) is 3. The number of ether oxygens (including phenoxy) is 1. The SMILES string of the molecule is CN1CCC(COc2cc(C(=O)ON=O)ccn2)CC1. The molecule has 1 aromatic heterocycles. The van der Waals surface area contributed by atoms with E-state index in [1.165, 1.54) is 18.3 Å². The topological polar surface area (TPSA) is 81.1 Å². The van der Waals surface area contributed by atoms with Gasteiger partial charge in [0.2, 0.25) is 5.88 Å². The second-order valence-corrected chi connectivity index (χ2v) is 4.89. The lowest BCUT2D eigenvalue weighted by Crippen LogP contribution is -2.32. The standard InChI is InChI=1S/C13H17N3O4/c1-16-6-3-10(4-7-16)9-19-12-8-11(2-5-14-12)13(17)20-15-18/h2,5,8,10H,3-4,6-7,9H2,1H3. The summed E-state index contributed by atoms with van der Waals surface area (Å²) in [6.45, 7) is 2.71. The summed E-state index contributed by atoms with van der Waals surface area (Å²) in [4.78, 5) is 31.6. The first-order valence-electron chi connectivity index (χ1n) is 6.50. The van der Waals surface area contributed by atoms with Crippen LogP contribution in [0.25, 0.3) is 0 Å². The van der Waals surface area contributed by atoms with Crippen LogP contribution in [0.4, 0.5) is 0 Å². The van der Waals surface area contributed by atoms with Gasteiger partial charge in [-0.25, -0.2) is 9.78 Å². The number of hydrogen-bond acceptors (Lipinski definition) is 7. The number of aromatic nitrogens is 1. The molecular weight excluding hydrogens is 262 g/mol. The van der Waals surface area contributed by atoms with E-state index in [0.717, 1.165) is 25.9 Å². The maximum Gasteiger partial charge on any atom is 0.369 e. The van der Waals surface area contributed by atoms with Gasteiger partial charge in [-0.05, 0) is 45.0 Å². The molecule has 1 aliphatic rings. The monoisotopic (exact) mass is 279 g/mol. The van der Waals surface area contributed by atoms with Crippen LogP contribution in [0.3, 0.4) is 0 Å². The number of piperidine rings is 1. The minimum Gasteiger partial charge on any atom is -0.477 e. The van der Waals surface area contributed by atoms with E-state index in [9.17, 15) is 9.70 Å². The Bertz CT molecular complexity index is 472. The summed E-state index contributed by atoms with van der Waals surface area (Å²) in [6, 6.07) is 2.89. The first-order chi connectivity index (χ1) is 9.69. The van der Waals surface area contributed by atoms with Gasteiger partial charge in [0.15, 0.2) is 5.34 Å². The number of likely N-dealkylation sites (tertiary alicyclic amines) is 1. The lowest BCUT2D eigenvalue weighted by Gasteiger charge is -2.28. The van der Waals surface area contributed by atoms with Crippen molar-refractivity contribution >= 4 is 5.97 Å². The van der Waals surface area contributed by atoms with Crippen LogP contribution in [0.5, 0.6) is 5.88 Å². The summed E-state index contributed by atoms with van der Waals surface area (Å²) >= 11 is 0. The summed E-state index contributed by atoms with van der Waals surface area (Å²) in [5.74, 6) is 0.0380. The number of hydrogen-bond donors (Lipinski definition) is 0. The highest BCUT2D eigenvalue weighted by Gasteiger charge is 2.17. The van der Waals surface area contributed by atoms with E-state index >= 15 is 0 Å². The van der Waals surface area contributed by atoms with Gasteiger partial charge in [0.1, 0.15) is 0 Å². The number of rotatable bonds is 5. The fourth-order valence-corrected chi connectivity index (χ4v) is 2.13. The molecule has 1 saturated heterocycles. The van der Waals surface area contributed by atoms with E-state index in [1.54, 1.807) is 0 Å². The van der Waals surface area contributed by atoms with Gasteiger partial charge in [0, 0.05) is 12.3 Å².